The van der Waals surface area contributed by atoms with Gasteiger partial charge in [0.1, 0.15) is 5.60 Å². The summed E-state index contributed by atoms with van der Waals surface area (Å²) in [6.07, 6.45) is -0.407. The molecule has 0 saturated carbocycles. The van der Waals surface area contributed by atoms with Gasteiger partial charge in [-0.15, -0.1) is 0 Å². The highest BCUT2D eigenvalue weighted by Gasteiger charge is 2.20. The van der Waals surface area contributed by atoms with Gasteiger partial charge in [-0.3, -0.25) is 4.90 Å². The van der Waals surface area contributed by atoms with Gasteiger partial charge in [0.2, 0.25) is 0 Å². The molecule has 0 aliphatic carbocycles. The van der Waals surface area contributed by atoms with Gasteiger partial charge in [0.15, 0.2) is 0 Å². The van der Waals surface area contributed by atoms with Gasteiger partial charge in [0.25, 0.3) is 0 Å². The van der Waals surface area contributed by atoms with E-state index < -0.39 is 11.7 Å². The number of carbonyl (C=O) groups excluding carboxylic acids is 1. The lowest BCUT2D eigenvalue weighted by molar-refractivity contribution is 0.0589. The molecule has 1 aromatic rings. The van der Waals surface area contributed by atoms with Gasteiger partial charge in [-0.2, -0.15) is 0 Å². The van der Waals surface area contributed by atoms with Crippen LogP contribution in [-0.2, 0) is 4.74 Å². The van der Waals surface area contributed by atoms with Gasteiger partial charge in [0.05, 0.1) is 5.02 Å². The molecule has 0 N–H and O–H groups in total. The summed E-state index contributed by atoms with van der Waals surface area (Å²) in [6, 6.07) is 5.29. The van der Waals surface area contributed by atoms with Gasteiger partial charge in [-0.1, -0.05) is 11.6 Å². The van der Waals surface area contributed by atoms with Gasteiger partial charge in [-0.05, 0) is 54.9 Å². The molecule has 0 bridgehead atoms. The second-order valence-electron chi connectivity index (χ2n) is 4.64. The van der Waals surface area contributed by atoms with Crippen LogP contribution in [0.2, 0.25) is 5.02 Å². The van der Waals surface area contributed by atoms with E-state index in [-0.39, 0.29) is 0 Å². The molecule has 1 amide bonds. The Bertz CT molecular complexity index is 429. The Morgan fingerprint density at radius 2 is 2.00 bits per heavy atom. The SMILES string of the molecule is CN(C(=O)OC(C)(C)C)c1ccc(Br)c(Cl)c1. The lowest BCUT2D eigenvalue weighted by atomic mass is 10.2. The van der Waals surface area contributed by atoms with Crippen molar-refractivity contribution in [3.63, 3.8) is 0 Å². The van der Waals surface area contributed by atoms with Crippen molar-refractivity contribution >= 4 is 39.3 Å². The predicted molar refractivity (Wildman–Crippen MR) is 73.8 cm³/mol. The Morgan fingerprint density at radius 1 is 1.41 bits per heavy atom. The van der Waals surface area contributed by atoms with Crippen LogP contribution in [0, 0.1) is 0 Å². The van der Waals surface area contributed by atoms with E-state index in [0.29, 0.717) is 10.7 Å². The number of ether oxygens (including phenoxy) is 1. The van der Waals surface area contributed by atoms with Crippen molar-refractivity contribution in [2.75, 3.05) is 11.9 Å². The number of rotatable bonds is 1. The average molecular weight is 321 g/mol. The third-order valence-corrected chi connectivity index (χ3v) is 3.19. The van der Waals surface area contributed by atoms with Crippen molar-refractivity contribution in [2.45, 2.75) is 26.4 Å². The third kappa shape index (κ3) is 4.21. The molecule has 17 heavy (non-hydrogen) atoms. The molecular formula is C12H15BrClNO2. The molecule has 94 valence electrons. The number of hydrogen-bond donors (Lipinski definition) is 0. The smallest absolute Gasteiger partial charge is 0.414 e. The topological polar surface area (TPSA) is 29.5 Å². The fraction of sp³-hybridized carbons (Fsp3) is 0.417. The van der Waals surface area contributed by atoms with Crippen molar-refractivity contribution < 1.29 is 9.53 Å². The Hall–Kier alpha value is -0.740. The maximum absolute atomic E-state index is 11.8. The molecule has 0 spiro atoms. The predicted octanol–water partition coefficient (Wildman–Crippen LogP) is 4.47. The summed E-state index contributed by atoms with van der Waals surface area (Å²) < 4.78 is 6.05. The first-order valence-electron chi connectivity index (χ1n) is 5.12. The van der Waals surface area contributed by atoms with Crippen molar-refractivity contribution in [3.05, 3.63) is 27.7 Å². The Labute approximate surface area is 115 Å². The number of carbonyl (C=O) groups is 1. The summed E-state index contributed by atoms with van der Waals surface area (Å²) in [7, 11) is 1.65. The second-order valence-corrected chi connectivity index (χ2v) is 5.90. The molecule has 0 radical (unpaired) electrons. The summed E-state index contributed by atoms with van der Waals surface area (Å²) in [6.45, 7) is 5.48. The molecule has 0 atom stereocenters. The first-order valence-corrected chi connectivity index (χ1v) is 6.29. The fourth-order valence-corrected chi connectivity index (χ4v) is 1.55. The normalized spacial score (nSPS) is 11.2. The van der Waals surface area contributed by atoms with Gasteiger partial charge < -0.3 is 4.74 Å². The fourth-order valence-electron chi connectivity index (χ4n) is 1.13. The molecule has 1 aromatic carbocycles. The van der Waals surface area contributed by atoms with Crippen LogP contribution < -0.4 is 4.90 Å². The number of nitrogens with zero attached hydrogens (tertiary/aromatic N) is 1. The molecule has 5 heteroatoms. The zero-order valence-corrected chi connectivity index (χ0v) is 12.6. The molecular weight excluding hydrogens is 305 g/mol. The van der Waals surface area contributed by atoms with Crippen molar-refractivity contribution in [1.29, 1.82) is 0 Å². The average Bonchev–Trinajstić information content (AvgIpc) is 2.18. The number of hydrogen-bond acceptors (Lipinski definition) is 2. The third-order valence-electron chi connectivity index (χ3n) is 1.96. The van der Waals surface area contributed by atoms with E-state index in [9.17, 15) is 4.79 Å². The molecule has 0 aliphatic rings. The van der Waals surface area contributed by atoms with Crippen molar-refractivity contribution in [1.82, 2.24) is 0 Å². The van der Waals surface area contributed by atoms with Crippen LogP contribution >= 0.6 is 27.5 Å². The second kappa shape index (κ2) is 5.27. The van der Waals surface area contributed by atoms with Crippen molar-refractivity contribution in [2.24, 2.45) is 0 Å². The first-order chi connectivity index (χ1) is 7.70. The van der Waals surface area contributed by atoms with E-state index in [1.54, 1.807) is 25.2 Å². The summed E-state index contributed by atoms with van der Waals surface area (Å²) in [5.41, 5.74) is 0.178. The Kier molecular flexibility index (Phi) is 4.44. The number of anilines is 1. The first kappa shape index (κ1) is 14.3. The van der Waals surface area contributed by atoms with Crippen LogP contribution in [0.25, 0.3) is 0 Å². The van der Waals surface area contributed by atoms with E-state index in [4.69, 9.17) is 16.3 Å². The summed E-state index contributed by atoms with van der Waals surface area (Å²) in [5.74, 6) is 0. The maximum atomic E-state index is 11.8. The molecule has 0 saturated heterocycles. The number of benzene rings is 1. The summed E-state index contributed by atoms with van der Waals surface area (Å²) in [5, 5.41) is 0.554. The highest BCUT2D eigenvalue weighted by atomic mass is 79.9. The minimum absolute atomic E-state index is 0.407. The largest absolute Gasteiger partial charge is 0.443 e. The molecule has 0 fully saturated rings. The standard InChI is InChI=1S/C12H15BrClNO2/c1-12(2,3)17-11(16)15(4)8-5-6-9(13)10(14)7-8/h5-7H,1-4H3. The van der Waals surface area contributed by atoms with E-state index in [0.717, 1.165) is 4.47 Å². The monoisotopic (exact) mass is 319 g/mol. The van der Waals surface area contributed by atoms with Gasteiger partial charge >= 0.3 is 6.09 Å². The van der Waals surface area contributed by atoms with Crippen LogP contribution in [0.4, 0.5) is 10.5 Å². The maximum Gasteiger partial charge on any atom is 0.414 e. The van der Waals surface area contributed by atoms with Crippen LogP contribution in [0.3, 0.4) is 0 Å². The quantitative estimate of drug-likeness (QED) is 0.764. The van der Waals surface area contributed by atoms with Crippen LogP contribution in [-0.4, -0.2) is 18.7 Å². The highest BCUT2D eigenvalue weighted by molar-refractivity contribution is 9.10. The molecule has 0 aliphatic heterocycles. The summed E-state index contributed by atoms with van der Waals surface area (Å²) in [4.78, 5) is 13.2. The Morgan fingerprint density at radius 3 is 2.47 bits per heavy atom. The summed E-state index contributed by atoms with van der Waals surface area (Å²) >= 11 is 9.27. The minimum atomic E-state index is -0.509. The molecule has 3 nitrogen and oxygen atoms in total. The zero-order chi connectivity index (χ0) is 13.2. The molecule has 1 rings (SSSR count). The molecule has 0 unspecified atom stereocenters. The van der Waals surface area contributed by atoms with E-state index >= 15 is 0 Å². The van der Waals surface area contributed by atoms with E-state index in [1.165, 1.54) is 4.90 Å². The molecule has 0 aromatic heterocycles. The van der Waals surface area contributed by atoms with E-state index in [1.807, 2.05) is 20.8 Å². The van der Waals surface area contributed by atoms with E-state index in [2.05, 4.69) is 15.9 Å². The number of amides is 1. The van der Waals surface area contributed by atoms with Gasteiger partial charge in [0, 0.05) is 17.2 Å². The van der Waals surface area contributed by atoms with Crippen molar-refractivity contribution in [3.8, 4) is 0 Å². The minimum Gasteiger partial charge on any atom is -0.443 e. The number of halogens is 2. The van der Waals surface area contributed by atoms with Crippen LogP contribution in [0.15, 0.2) is 22.7 Å². The lowest BCUT2D eigenvalue weighted by Gasteiger charge is -2.24. The zero-order valence-electron chi connectivity index (χ0n) is 10.3. The lowest BCUT2D eigenvalue weighted by Crippen LogP contribution is -2.34. The van der Waals surface area contributed by atoms with Crippen LogP contribution in [0.5, 0.6) is 0 Å². The Balaban J connectivity index is 2.85. The van der Waals surface area contributed by atoms with Gasteiger partial charge in [-0.25, -0.2) is 4.79 Å². The molecule has 0 heterocycles. The highest BCUT2D eigenvalue weighted by Crippen LogP contribution is 2.27. The van der Waals surface area contributed by atoms with Crippen LogP contribution in [0.1, 0.15) is 20.8 Å².